The van der Waals surface area contributed by atoms with Crippen molar-refractivity contribution in [3.63, 3.8) is 0 Å². The van der Waals surface area contributed by atoms with Crippen molar-refractivity contribution in [1.82, 2.24) is 14.8 Å². The molecule has 1 aromatic carbocycles. The molecule has 1 spiro atoms. The summed E-state index contributed by atoms with van der Waals surface area (Å²) in [5.74, 6) is 0.243. The number of benzene rings is 1. The van der Waals surface area contributed by atoms with Gasteiger partial charge in [0.15, 0.2) is 0 Å². The molecule has 2 fully saturated rings. The lowest BCUT2D eigenvalue weighted by molar-refractivity contribution is -0.132. The van der Waals surface area contributed by atoms with Gasteiger partial charge in [0.2, 0.25) is 5.91 Å². The molecule has 0 atom stereocenters. The van der Waals surface area contributed by atoms with Crippen molar-refractivity contribution in [3.8, 4) is 0 Å². The van der Waals surface area contributed by atoms with Crippen LogP contribution in [0.25, 0.3) is 0 Å². The molecule has 4 nitrogen and oxygen atoms in total. The number of nitrogens with zero attached hydrogens (tertiary/aromatic N) is 3. The first-order valence-corrected chi connectivity index (χ1v) is 9.65. The van der Waals surface area contributed by atoms with Crippen LogP contribution in [-0.2, 0) is 17.8 Å². The van der Waals surface area contributed by atoms with E-state index < -0.39 is 0 Å². The summed E-state index contributed by atoms with van der Waals surface area (Å²) < 4.78 is 0. The number of aromatic nitrogens is 1. The van der Waals surface area contributed by atoms with Gasteiger partial charge in [0, 0.05) is 38.6 Å². The van der Waals surface area contributed by atoms with E-state index in [1.165, 1.54) is 25.1 Å². The maximum Gasteiger partial charge on any atom is 0.227 e. The molecule has 0 N–H and O–H groups in total. The molecule has 136 valence electrons. The molecule has 1 aromatic heterocycles. The second kappa shape index (κ2) is 7.58. The number of amides is 1. The molecule has 0 radical (unpaired) electrons. The van der Waals surface area contributed by atoms with Crippen molar-refractivity contribution in [2.75, 3.05) is 26.2 Å². The first kappa shape index (κ1) is 17.2. The smallest absolute Gasteiger partial charge is 0.227 e. The van der Waals surface area contributed by atoms with Gasteiger partial charge in [-0.3, -0.25) is 14.7 Å². The van der Waals surface area contributed by atoms with E-state index in [1.807, 2.05) is 12.1 Å². The van der Waals surface area contributed by atoms with Crippen molar-refractivity contribution in [2.45, 2.75) is 32.2 Å². The van der Waals surface area contributed by atoms with Crippen LogP contribution in [0.5, 0.6) is 0 Å². The molecule has 1 amide bonds. The summed E-state index contributed by atoms with van der Waals surface area (Å²) in [6.45, 7) is 5.20. The number of hydrogen-bond donors (Lipinski definition) is 0. The second-order valence-electron chi connectivity index (χ2n) is 7.87. The third kappa shape index (κ3) is 3.96. The highest BCUT2D eigenvalue weighted by Gasteiger charge is 2.41. The molecule has 2 aliphatic heterocycles. The van der Waals surface area contributed by atoms with Crippen LogP contribution in [0.2, 0.25) is 0 Å². The maximum atomic E-state index is 12.6. The highest BCUT2D eigenvalue weighted by molar-refractivity contribution is 5.78. The van der Waals surface area contributed by atoms with Crippen molar-refractivity contribution in [2.24, 2.45) is 5.41 Å². The summed E-state index contributed by atoms with van der Waals surface area (Å²) in [5, 5.41) is 0. The third-order valence-corrected chi connectivity index (χ3v) is 6.02. The van der Waals surface area contributed by atoms with E-state index in [4.69, 9.17) is 0 Å². The molecule has 3 heterocycles. The quantitative estimate of drug-likeness (QED) is 0.851. The molecule has 0 aliphatic carbocycles. The molecular formula is C22H27N3O. The fraction of sp³-hybridized carbons (Fsp3) is 0.455. The standard InChI is InChI=1S/C22H27N3O/c26-21(15-20-7-4-11-23-16-20)25-13-9-22(10-14-25)8-12-24(18-22)17-19-5-2-1-3-6-19/h1-7,11,16H,8-10,12-15,17-18H2. The Labute approximate surface area is 155 Å². The molecule has 26 heavy (non-hydrogen) atoms. The highest BCUT2D eigenvalue weighted by atomic mass is 16.2. The van der Waals surface area contributed by atoms with Crippen LogP contribution >= 0.6 is 0 Å². The maximum absolute atomic E-state index is 12.6. The van der Waals surface area contributed by atoms with Gasteiger partial charge >= 0.3 is 0 Å². The van der Waals surface area contributed by atoms with E-state index in [1.54, 1.807) is 12.4 Å². The lowest BCUT2D eigenvalue weighted by Gasteiger charge is -2.39. The van der Waals surface area contributed by atoms with Gasteiger partial charge in [0.1, 0.15) is 0 Å². The SMILES string of the molecule is O=C(Cc1cccnc1)N1CCC2(CCN(Cc3ccccc3)C2)CC1. The molecule has 4 rings (SSSR count). The average molecular weight is 349 g/mol. The van der Waals surface area contributed by atoms with Crippen LogP contribution in [0.15, 0.2) is 54.9 Å². The largest absolute Gasteiger partial charge is 0.342 e. The zero-order valence-electron chi connectivity index (χ0n) is 15.3. The summed E-state index contributed by atoms with van der Waals surface area (Å²) in [7, 11) is 0. The van der Waals surface area contributed by atoms with Gasteiger partial charge in [0.25, 0.3) is 0 Å². The van der Waals surface area contributed by atoms with Gasteiger partial charge in [-0.2, -0.15) is 0 Å². The summed E-state index contributed by atoms with van der Waals surface area (Å²) in [4.78, 5) is 21.3. The fourth-order valence-corrected chi connectivity index (χ4v) is 4.43. The zero-order valence-corrected chi connectivity index (χ0v) is 15.3. The second-order valence-corrected chi connectivity index (χ2v) is 7.87. The topological polar surface area (TPSA) is 36.4 Å². The Morgan fingerprint density at radius 3 is 2.42 bits per heavy atom. The molecular weight excluding hydrogens is 322 g/mol. The Kier molecular flexibility index (Phi) is 5.02. The molecule has 4 heteroatoms. The minimum absolute atomic E-state index is 0.243. The van der Waals surface area contributed by atoms with Gasteiger partial charge in [0.05, 0.1) is 6.42 Å². The Morgan fingerprint density at radius 1 is 0.962 bits per heavy atom. The Morgan fingerprint density at radius 2 is 1.69 bits per heavy atom. The number of likely N-dealkylation sites (tertiary alicyclic amines) is 2. The number of pyridine rings is 1. The van der Waals surface area contributed by atoms with Crippen LogP contribution in [0, 0.1) is 5.41 Å². The van der Waals surface area contributed by atoms with Gasteiger partial charge in [-0.15, -0.1) is 0 Å². The summed E-state index contributed by atoms with van der Waals surface area (Å²) in [6, 6.07) is 14.6. The molecule has 2 aliphatic rings. The van der Waals surface area contributed by atoms with Crippen molar-refractivity contribution >= 4 is 5.91 Å². The number of carbonyl (C=O) groups excluding carboxylic acids is 1. The normalized spacial score (nSPS) is 19.8. The number of hydrogen-bond acceptors (Lipinski definition) is 3. The van der Waals surface area contributed by atoms with Crippen LogP contribution in [-0.4, -0.2) is 46.9 Å². The zero-order chi connectivity index (χ0) is 17.8. The first-order chi connectivity index (χ1) is 12.7. The summed E-state index contributed by atoms with van der Waals surface area (Å²) in [5.41, 5.74) is 2.82. The van der Waals surface area contributed by atoms with Crippen molar-refractivity contribution in [1.29, 1.82) is 0 Å². The Balaban J connectivity index is 1.29. The van der Waals surface area contributed by atoms with Crippen molar-refractivity contribution in [3.05, 3.63) is 66.0 Å². The van der Waals surface area contributed by atoms with Crippen LogP contribution < -0.4 is 0 Å². The number of piperidine rings is 1. The third-order valence-electron chi connectivity index (χ3n) is 6.02. The van der Waals surface area contributed by atoms with E-state index in [0.717, 1.165) is 38.0 Å². The number of carbonyl (C=O) groups is 1. The minimum atomic E-state index is 0.243. The van der Waals surface area contributed by atoms with Crippen LogP contribution in [0.4, 0.5) is 0 Å². The predicted molar refractivity (Wildman–Crippen MR) is 103 cm³/mol. The Hall–Kier alpha value is -2.20. The van der Waals surface area contributed by atoms with E-state index in [9.17, 15) is 4.79 Å². The van der Waals surface area contributed by atoms with E-state index in [2.05, 4.69) is 45.1 Å². The molecule has 2 saturated heterocycles. The van der Waals surface area contributed by atoms with Crippen LogP contribution in [0.3, 0.4) is 0 Å². The Bertz CT molecular complexity index is 724. The monoisotopic (exact) mass is 349 g/mol. The fourth-order valence-electron chi connectivity index (χ4n) is 4.43. The first-order valence-electron chi connectivity index (χ1n) is 9.65. The lowest BCUT2D eigenvalue weighted by atomic mass is 9.77. The highest BCUT2D eigenvalue weighted by Crippen LogP contribution is 2.40. The summed E-state index contributed by atoms with van der Waals surface area (Å²) in [6.07, 6.45) is 7.56. The molecule has 0 unspecified atom stereocenters. The van der Waals surface area contributed by atoms with E-state index in [0.29, 0.717) is 11.8 Å². The van der Waals surface area contributed by atoms with Gasteiger partial charge < -0.3 is 4.90 Å². The van der Waals surface area contributed by atoms with E-state index >= 15 is 0 Å². The predicted octanol–water partition coefficient (Wildman–Crippen LogP) is 3.14. The average Bonchev–Trinajstić information content (AvgIpc) is 3.06. The molecule has 0 bridgehead atoms. The van der Waals surface area contributed by atoms with Gasteiger partial charge in [-0.25, -0.2) is 0 Å². The number of rotatable bonds is 4. The van der Waals surface area contributed by atoms with E-state index in [-0.39, 0.29) is 5.91 Å². The molecule has 2 aromatic rings. The lowest BCUT2D eigenvalue weighted by Crippen LogP contribution is -2.44. The van der Waals surface area contributed by atoms with Crippen molar-refractivity contribution < 1.29 is 4.79 Å². The summed E-state index contributed by atoms with van der Waals surface area (Å²) >= 11 is 0. The van der Waals surface area contributed by atoms with Gasteiger partial charge in [-0.1, -0.05) is 36.4 Å². The van der Waals surface area contributed by atoms with Crippen LogP contribution in [0.1, 0.15) is 30.4 Å². The molecule has 0 saturated carbocycles. The van der Waals surface area contributed by atoms with Gasteiger partial charge in [-0.05, 0) is 48.4 Å². The minimum Gasteiger partial charge on any atom is -0.342 e.